The van der Waals surface area contributed by atoms with Crippen LogP contribution in [0.25, 0.3) is 10.6 Å². The maximum Gasteiger partial charge on any atom is 0.129 e. The van der Waals surface area contributed by atoms with E-state index in [0.29, 0.717) is 0 Å². The summed E-state index contributed by atoms with van der Waals surface area (Å²) in [5.74, 6) is 0.838. The van der Waals surface area contributed by atoms with Gasteiger partial charge in [0.1, 0.15) is 10.8 Å². The van der Waals surface area contributed by atoms with Gasteiger partial charge in [-0.1, -0.05) is 15.9 Å². The first kappa shape index (κ1) is 15.9. The Balaban J connectivity index is 1.75. The summed E-state index contributed by atoms with van der Waals surface area (Å²) in [6, 6.07) is 5.96. The standard InChI is InChI=1S/C16H19BrN2O2S/c1-21-15-3-2-11(17)8-14(15)16-18-12(10-22-16)9-19-6-4-13(20)5-7-19/h2-3,8,10,13,20H,4-7,9H2,1H3. The fourth-order valence-corrected chi connectivity index (χ4v) is 3.85. The largest absolute Gasteiger partial charge is 0.496 e. The van der Waals surface area contributed by atoms with E-state index in [1.54, 1.807) is 18.4 Å². The van der Waals surface area contributed by atoms with Crippen LogP contribution < -0.4 is 4.74 Å². The first-order valence-corrected chi connectivity index (χ1v) is 9.01. The highest BCUT2D eigenvalue weighted by molar-refractivity contribution is 9.10. The van der Waals surface area contributed by atoms with Crippen LogP contribution in [0.15, 0.2) is 28.1 Å². The third-order valence-electron chi connectivity index (χ3n) is 3.89. The zero-order valence-electron chi connectivity index (χ0n) is 12.5. The first-order valence-electron chi connectivity index (χ1n) is 7.34. The summed E-state index contributed by atoms with van der Waals surface area (Å²) in [5, 5.41) is 12.7. The number of hydrogen-bond acceptors (Lipinski definition) is 5. The number of aliphatic hydroxyl groups excluding tert-OH is 1. The minimum atomic E-state index is -0.131. The van der Waals surface area contributed by atoms with E-state index in [1.165, 1.54) is 0 Å². The smallest absolute Gasteiger partial charge is 0.129 e. The van der Waals surface area contributed by atoms with E-state index in [1.807, 2.05) is 18.2 Å². The van der Waals surface area contributed by atoms with E-state index < -0.39 is 0 Å². The number of rotatable bonds is 4. The highest BCUT2D eigenvalue weighted by Gasteiger charge is 2.18. The van der Waals surface area contributed by atoms with Crippen LogP contribution in [-0.2, 0) is 6.54 Å². The Morgan fingerprint density at radius 2 is 2.18 bits per heavy atom. The van der Waals surface area contributed by atoms with Crippen LogP contribution >= 0.6 is 27.3 Å². The van der Waals surface area contributed by atoms with Gasteiger partial charge >= 0.3 is 0 Å². The summed E-state index contributed by atoms with van der Waals surface area (Å²) in [4.78, 5) is 7.11. The van der Waals surface area contributed by atoms with Crippen molar-refractivity contribution in [3.63, 3.8) is 0 Å². The van der Waals surface area contributed by atoms with Gasteiger partial charge in [0.15, 0.2) is 0 Å². The molecule has 0 aliphatic carbocycles. The predicted octanol–water partition coefficient (Wildman–Crippen LogP) is 3.54. The van der Waals surface area contributed by atoms with Crippen LogP contribution in [-0.4, -0.2) is 41.3 Å². The molecule has 0 saturated carbocycles. The van der Waals surface area contributed by atoms with Gasteiger partial charge in [-0.05, 0) is 31.0 Å². The highest BCUT2D eigenvalue weighted by atomic mass is 79.9. The molecule has 0 spiro atoms. The van der Waals surface area contributed by atoms with Gasteiger partial charge in [-0.15, -0.1) is 11.3 Å². The summed E-state index contributed by atoms with van der Waals surface area (Å²) in [6.45, 7) is 2.72. The lowest BCUT2D eigenvalue weighted by molar-refractivity contribution is 0.0787. The normalized spacial score (nSPS) is 16.9. The lowest BCUT2D eigenvalue weighted by Gasteiger charge is -2.28. The number of likely N-dealkylation sites (tertiary alicyclic amines) is 1. The van der Waals surface area contributed by atoms with Crippen molar-refractivity contribution in [1.29, 1.82) is 0 Å². The molecule has 4 nitrogen and oxygen atoms in total. The quantitative estimate of drug-likeness (QED) is 0.878. The summed E-state index contributed by atoms with van der Waals surface area (Å²) in [6.07, 6.45) is 1.58. The molecule has 22 heavy (non-hydrogen) atoms. The Labute approximate surface area is 142 Å². The van der Waals surface area contributed by atoms with Crippen LogP contribution in [0.4, 0.5) is 0 Å². The van der Waals surface area contributed by atoms with Gasteiger partial charge in [-0.25, -0.2) is 4.98 Å². The van der Waals surface area contributed by atoms with E-state index in [-0.39, 0.29) is 6.10 Å². The fraction of sp³-hybridized carbons (Fsp3) is 0.438. The Hall–Kier alpha value is -0.950. The van der Waals surface area contributed by atoms with E-state index in [2.05, 4.69) is 26.2 Å². The van der Waals surface area contributed by atoms with Gasteiger partial charge in [-0.3, -0.25) is 4.90 Å². The molecule has 3 rings (SSSR count). The van der Waals surface area contributed by atoms with Crippen LogP contribution in [0, 0.1) is 0 Å². The number of methoxy groups -OCH3 is 1. The predicted molar refractivity (Wildman–Crippen MR) is 92.3 cm³/mol. The zero-order valence-corrected chi connectivity index (χ0v) is 14.9. The van der Waals surface area contributed by atoms with Crippen molar-refractivity contribution in [1.82, 2.24) is 9.88 Å². The van der Waals surface area contributed by atoms with Crippen molar-refractivity contribution >= 4 is 27.3 Å². The van der Waals surface area contributed by atoms with Crippen molar-refractivity contribution < 1.29 is 9.84 Å². The summed E-state index contributed by atoms with van der Waals surface area (Å²) in [7, 11) is 1.68. The second-order valence-corrected chi connectivity index (χ2v) is 7.27. The number of aromatic nitrogens is 1. The van der Waals surface area contributed by atoms with E-state index in [9.17, 15) is 5.11 Å². The second-order valence-electron chi connectivity index (χ2n) is 5.50. The lowest BCUT2D eigenvalue weighted by atomic mass is 10.1. The summed E-state index contributed by atoms with van der Waals surface area (Å²) < 4.78 is 6.45. The maximum atomic E-state index is 9.57. The third-order valence-corrected chi connectivity index (χ3v) is 5.30. The van der Waals surface area contributed by atoms with Crippen molar-refractivity contribution in [2.24, 2.45) is 0 Å². The zero-order chi connectivity index (χ0) is 15.5. The number of piperidine rings is 1. The van der Waals surface area contributed by atoms with Crippen molar-refractivity contribution in [2.75, 3.05) is 20.2 Å². The monoisotopic (exact) mass is 382 g/mol. The molecule has 1 N–H and O–H groups in total. The molecule has 6 heteroatoms. The summed E-state index contributed by atoms with van der Waals surface area (Å²) in [5.41, 5.74) is 2.10. The van der Waals surface area contributed by atoms with Crippen molar-refractivity contribution in [3.05, 3.63) is 33.7 Å². The summed E-state index contributed by atoms with van der Waals surface area (Å²) >= 11 is 5.15. The number of hydrogen-bond donors (Lipinski definition) is 1. The SMILES string of the molecule is COc1ccc(Br)cc1-c1nc(CN2CCC(O)CC2)cs1. The Morgan fingerprint density at radius 1 is 1.41 bits per heavy atom. The van der Waals surface area contributed by atoms with Crippen LogP contribution in [0.2, 0.25) is 0 Å². The molecule has 118 valence electrons. The molecule has 2 heterocycles. The van der Waals surface area contributed by atoms with Gasteiger partial charge in [0.25, 0.3) is 0 Å². The number of benzene rings is 1. The number of nitrogens with zero attached hydrogens (tertiary/aromatic N) is 2. The average Bonchev–Trinajstić information content (AvgIpc) is 2.98. The van der Waals surface area contributed by atoms with Gasteiger partial charge in [0, 0.05) is 29.5 Å². The third kappa shape index (κ3) is 3.68. The Kier molecular flexibility index (Phi) is 5.13. The molecular formula is C16H19BrN2O2S. The second kappa shape index (κ2) is 7.08. The molecule has 1 aliphatic heterocycles. The Morgan fingerprint density at radius 3 is 2.91 bits per heavy atom. The van der Waals surface area contributed by atoms with E-state index in [4.69, 9.17) is 9.72 Å². The molecule has 0 unspecified atom stereocenters. The highest BCUT2D eigenvalue weighted by Crippen LogP contribution is 2.34. The maximum absolute atomic E-state index is 9.57. The van der Waals surface area contributed by atoms with Crippen LogP contribution in [0.1, 0.15) is 18.5 Å². The van der Waals surface area contributed by atoms with Crippen molar-refractivity contribution in [3.8, 4) is 16.3 Å². The molecule has 0 radical (unpaired) electrons. The number of thiazole rings is 1. The number of ether oxygens (including phenoxy) is 1. The van der Waals surface area contributed by atoms with E-state index in [0.717, 1.165) is 59.0 Å². The molecule has 1 aromatic heterocycles. The molecule has 0 amide bonds. The van der Waals surface area contributed by atoms with Crippen molar-refractivity contribution in [2.45, 2.75) is 25.5 Å². The van der Waals surface area contributed by atoms with Gasteiger partial charge in [0.05, 0.1) is 24.5 Å². The number of aliphatic hydroxyl groups is 1. The fourth-order valence-electron chi connectivity index (χ4n) is 2.66. The van der Waals surface area contributed by atoms with Gasteiger partial charge < -0.3 is 9.84 Å². The molecule has 1 aromatic carbocycles. The topological polar surface area (TPSA) is 45.6 Å². The Bertz CT molecular complexity index is 639. The molecule has 0 atom stereocenters. The van der Waals surface area contributed by atoms with Crippen LogP contribution in [0.5, 0.6) is 5.75 Å². The molecule has 2 aromatic rings. The molecular weight excluding hydrogens is 364 g/mol. The van der Waals surface area contributed by atoms with Crippen LogP contribution in [0.3, 0.4) is 0 Å². The molecule has 1 aliphatic rings. The molecule has 0 bridgehead atoms. The van der Waals surface area contributed by atoms with Gasteiger partial charge in [-0.2, -0.15) is 0 Å². The minimum absolute atomic E-state index is 0.131. The van der Waals surface area contributed by atoms with E-state index >= 15 is 0 Å². The van der Waals surface area contributed by atoms with Gasteiger partial charge in [0.2, 0.25) is 0 Å². The first-order chi connectivity index (χ1) is 10.7. The molecule has 1 saturated heterocycles. The lowest BCUT2D eigenvalue weighted by Crippen LogP contribution is -2.35. The minimum Gasteiger partial charge on any atom is -0.496 e. The molecule has 1 fully saturated rings. The number of halogens is 1. The average molecular weight is 383 g/mol.